The molecule has 1 aliphatic rings. The molecule has 0 saturated carbocycles. The summed E-state index contributed by atoms with van der Waals surface area (Å²) in [7, 11) is 0. The molecule has 0 radical (unpaired) electrons. The van der Waals surface area contributed by atoms with Crippen LogP contribution in [-0.4, -0.2) is 30.4 Å². The molecule has 4 heteroatoms. The van der Waals surface area contributed by atoms with Crippen molar-refractivity contribution >= 4 is 17.2 Å². The quantitative estimate of drug-likeness (QED) is 0.914. The summed E-state index contributed by atoms with van der Waals surface area (Å²) >= 11 is 1.78. The van der Waals surface area contributed by atoms with Crippen molar-refractivity contribution in [2.75, 3.05) is 19.6 Å². The molecule has 116 valence electrons. The number of likely N-dealkylation sites (tertiary alicyclic amines) is 1. The molecule has 1 fully saturated rings. The van der Waals surface area contributed by atoms with Gasteiger partial charge < -0.3 is 5.32 Å². The first kappa shape index (κ1) is 15.3. The van der Waals surface area contributed by atoms with E-state index in [0.717, 1.165) is 24.2 Å². The second kappa shape index (κ2) is 7.07. The topological polar surface area (TPSA) is 32.3 Å². The molecule has 3 nitrogen and oxygen atoms in total. The molecule has 1 N–H and O–H groups in total. The van der Waals surface area contributed by atoms with Gasteiger partial charge in [0.25, 0.3) is 5.91 Å². The van der Waals surface area contributed by atoms with Gasteiger partial charge in [-0.25, -0.2) is 0 Å². The fraction of sp³-hybridized carbons (Fsp3) is 0.389. The van der Waals surface area contributed by atoms with Crippen molar-refractivity contribution in [3.05, 3.63) is 57.8 Å². The number of nitrogens with zero attached hydrogens (tertiary/aromatic N) is 1. The average molecular weight is 314 g/mol. The van der Waals surface area contributed by atoms with E-state index in [1.165, 1.54) is 17.7 Å². The van der Waals surface area contributed by atoms with Gasteiger partial charge in [-0.05, 0) is 55.9 Å². The summed E-state index contributed by atoms with van der Waals surface area (Å²) in [6.07, 6.45) is 2.52. The Morgan fingerprint density at radius 1 is 1.23 bits per heavy atom. The summed E-state index contributed by atoms with van der Waals surface area (Å²) < 4.78 is 0. The normalized spacial score (nSPS) is 16.6. The van der Waals surface area contributed by atoms with Crippen molar-refractivity contribution in [3.8, 4) is 0 Å². The third-order valence-electron chi connectivity index (χ3n) is 4.30. The van der Waals surface area contributed by atoms with E-state index >= 15 is 0 Å². The van der Waals surface area contributed by atoms with E-state index in [-0.39, 0.29) is 5.91 Å². The van der Waals surface area contributed by atoms with E-state index in [0.29, 0.717) is 12.6 Å². The maximum Gasteiger partial charge on any atom is 0.251 e. The summed E-state index contributed by atoms with van der Waals surface area (Å²) in [5, 5.41) is 5.24. The highest BCUT2D eigenvalue weighted by Crippen LogP contribution is 2.27. The number of rotatable bonds is 5. The van der Waals surface area contributed by atoms with Crippen LogP contribution in [0.1, 0.15) is 39.7 Å². The lowest BCUT2D eigenvalue weighted by molar-refractivity contribution is 0.0938. The molecule has 0 bridgehead atoms. The predicted octanol–water partition coefficient (Wildman–Crippen LogP) is 3.62. The van der Waals surface area contributed by atoms with Crippen LogP contribution in [0.3, 0.4) is 0 Å². The lowest BCUT2D eigenvalue weighted by atomic mass is 10.1. The van der Waals surface area contributed by atoms with E-state index < -0.39 is 0 Å². The van der Waals surface area contributed by atoms with Crippen molar-refractivity contribution in [1.82, 2.24) is 10.2 Å². The van der Waals surface area contributed by atoms with Gasteiger partial charge in [0, 0.05) is 17.0 Å². The molecule has 3 rings (SSSR count). The summed E-state index contributed by atoms with van der Waals surface area (Å²) in [5.41, 5.74) is 1.79. The van der Waals surface area contributed by atoms with Gasteiger partial charge in [-0.3, -0.25) is 9.69 Å². The molecule has 1 aromatic heterocycles. The Hall–Kier alpha value is -1.65. The number of carbonyl (C=O) groups is 1. The summed E-state index contributed by atoms with van der Waals surface area (Å²) in [4.78, 5) is 16.3. The maximum absolute atomic E-state index is 12.4. The van der Waals surface area contributed by atoms with Gasteiger partial charge in [0.05, 0.1) is 6.04 Å². The first-order chi connectivity index (χ1) is 10.8. The van der Waals surface area contributed by atoms with Crippen molar-refractivity contribution in [3.63, 3.8) is 0 Å². The molecule has 0 aliphatic carbocycles. The van der Waals surface area contributed by atoms with Gasteiger partial charge >= 0.3 is 0 Å². The molecule has 1 aromatic carbocycles. The monoisotopic (exact) mass is 314 g/mol. The molecule has 1 aliphatic heterocycles. The van der Waals surface area contributed by atoms with Crippen LogP contribution in [0, 0.1) is 6.92 Å². The van der Waals surface area contributed by atoms with E-state index in [9.17, 15) is 4.79 Å². The first-order valence-corrected chi connectivity index (χ1v) is 8.75. The van der Waals surface area contributed by atoms with Crippen LogP contribution in [0.25, 0.3) is 0 Å². The smallest absolute Gasteiger partial charge is 0.251 e. The Bertz CT molecular complexity index is 618. The maximum atomic E-state index is 12.4. The molecular weight excluding hydrogens is 292 g/mol. The Morgan fingerprint density at radius 3 is 2.68 bits per heavy atom. The van der Waals surface area contributed by atoms with Crippen LogP contribution in [0.2, 0.25) is 0 Å². The Labute approximate surface area is 136 Å². The molecular formula is C18H22N2OS. The van der Waals surface area contributed by atoms with Crippen LogP contribution in [0.5, 0.6) is 0 Å². The number of amides is 1. The SMILES string of the molecule is Cc1ccccc1C(=O)NCC(c1cccs1)N1CCCC1. The number of hydrogen-bond acceptors (Lipinski definition) is 3. The third kappa shape index (κ3) is 3.39. The van der Waals surface area contributed by atoms with Gasteiger partial charge in [0.15, 0.2) is 0 Å². The van der Waals surface area contributed by atoms with Crippen molar-refractivity contribution in [1.29, 1.82) is 0 Å². The minimum Gasteiger partial charge on any atom is -0.350 e. The summed E-state index contributed by atoms with van der Waals surface area (Å²) in [5.74, 6) is 0.0267. The molecule has 0 spiro atoms. The standard InChI is InChI=1S/C18H22N2OS/c1-14-7-2-3-8-15(14)18(21)19-13-16(17-9-6-12-22-17)20-10-4-5-11-20/h2-3,6-9,12,16H,4-5,10-11,13H2,1H3,(H,19,21). The largest absolute Gasteiger partial charge is 0.350 e. The van der Waals surface area contributed by atoms with Crippen LogP contribution in [-0.2, 0) is 0 Å². The first-order valence-electron chi connectivity index (χ1n) is 7.87. The highest BCUT2D eigenvalue weighted by Gasteiger charge is 2.24. The highest BCUT2D eigenvalue weighted by molar-refractivity contribution is 7.10. The van der Waals surface area contributed by atoms with E-state index in [4.69, 9.17) is 0 Å². The van der Waals surface area contributed by atoms with E-state index in [1.807, 2.05) is 31.2 Å². The zero-order valence-electron chi connectivity index (χ0n) is 12.9. The van der Waals surface area contributed by atoms with Gasteiger partial charge in [-0.15, -0.1) is 11.3 Å². The fourth-order valence-corrected chi connectivity index (χ4v) is 3.92. The fourth-order valence-electron chi connectivity index (χ4n) is 3.06. The molecule has 1 amide bonds. The number of aryl methyl sites for hydroxylation is 1. The van der Waals surface area contributed by atoms with Gasteiger partial charge in [0.1, 0.15) is 0 Å². The minimum atomic E-state index is 0.0267. The van der Waals surface area contributed by atoms with E-state index in [1.54, 1.807) is 11.3 Å². The molecule has 2 heterocycles. The van der Waals surface area contributed by atoms with Crippen LogP contribution in [0.4, 0.5) is 0 Å². The van der Waals surface area contributed by atoms with Crippen LogP contribution in [0.15, 0.2) is 41.8 Å². The number of carbonyl (C=O) groups excluding carboxylic acids is 1. The van der Waals surface area contributed by atoms with Crippen molar-refractivity contribution < 1.29 is 4.79 Å². The summed E-state index contributed by atoms with van der Waals surface area (Å²) in [6, 6.07) is 12.3. The van der Waals surface area contributed by atoms with Gasteiger partial charge in [0.2, 0.25) is 0 Å². The van der Waals surface area contributed by atoms with Gasteiger partial charge in [-0.2, -0.15) is 0 Å². The summed E-state index contributed by atoms with van der Waals surface area (Å²) in [6.45, 7) is 4.91. The Morgan fingerprint density at radius 2 is 2.00 bits per heavy atom. The molecule has 1 unspecified atom stereocenters. The Kier molecular flexibility index (Phi) is 4.90. The number of benzene rings is 1. The highest BCUT2D eigenvalue weighted by atomic mass is 32.1. The number of hydrogen-bond donors (Lipinski definition) is 1. The molecule has 1 saturated heterocycles. The zero-order valence-corrected chi connectivity index (χ0v) is 13.7. The Balaban J connectivity index is 1.69. The number of thiophene rings is 1. The lowest BCUT2D eigenvalue weighted by Crippen LogP contribution is -2.36. The second-order valence-electron chi connectivity index (χ2n) is 5.80. The van der Waals surface area contributed by atoms with Crippen LogP contribution < -0.4 is 5.32 Å². The zero-order chi connectivity index (χ0) is 15.4. The van der Waals surface area contributed by atoms with Gasteiger partial charge in [-0.1, -0.05) is 24.3 Å². The lowest BCUT2D eigenvalue weighted by Gasteiger charge is -2.27. The number of nitrogens with one attached hydrogen (secondary N) is 1. The second-order valence-corrected chi connectivity index (χ2v) is 6.78. The van der Waals surface area contributed by atoms with Crippen molar-refractivity contribution in [2.45, 2.75) is 25.8 Å². The predicted molar refractivity (Wildman–Crippen MR) is 91.4 cm³/mol. The molecule has 22 heavy (non-hydrogen) atoms. The van der Waals surface area contributed by atoms with Crippen molar-refractivity contribution in [2.24, 2.45) is 0 Å². The molecule has 2 aromatic rings. The third-order valence-corrected chi connectivity index (χ3v) is 5.27. The van der Waals surface area contributed by atoms with E-state index in [2.05, 4.69) is 27.7 Å². The average Bonchev–Trinajstić information content (AvgIpc) is 3.21. The minimum absolute atomic E-state index is 0.0267. The van der Waals surface area contributed by atoms with Crippen LogP contribution >= 0.6 is 11.3 Å². The molecule has 1 atom stereocenters.